The van der Waals surface area contributed by atoms with Crippen LogP contribution < -0.4 is 4.90 Å². The van der Waals surface area contributed by atoms with Gasteiger partial charge in [-0.05, 0) is 161 Å². The predicted octanol–water partition coefficient (Wildman–Crippen LogP) is 16.4. The topological polar surface area (TPSA) is 3.24 Å². The zero-order valence-corrected chi connectivity index (χ0v) is 35.7. The molecule has 0 bridgehead atoms. The third kappa shape index (κ3) is 7.66. The molecule has 0 atom stereocenters. The van der Waals surface area contributed by atoms with Crippen LogP contribution in [0.25, 0.3) is 44.2 Å². The highest BCUT2D eigenvalue weighted by atomic mass is 15.1. The van der Waals surface area contributed by atoms with E-state index in [1.165, 1.54) is 77.6 Å². The lowest BCUT2D eigenvalue weighted by atomic mass is 9.81. The van der Waals surface area contributed by atoms with Crippen molar-refractivity contribution in [1.29, 1.82) is 0 Å². The van der Waals surface area contributed by atoms with Crippen molar-refractivity contribution in [1.82, 2.24) is 0 Å². The zero-order chi connectivity index (χ0) is 41.3. The Morgan fingerprint density at radius 3 is 2.08 bits per heavy atom. The van der Waals surface area contributed by atoms with Crippen LogP contribution in [0.4, 0.5) is 11.4 Å². The van der Waals surface area contributed by atoms with Gasteiger partial charge in [-0.2, -0.15) is 0 Å². The van der Waals surface area contributed by atoms with Crippen molar-refractivity contribution in [3.63, 3.8) is 0 Å². The molecule has 0 N–H and O–H groups in total. The molecule has 6 aromatic rings. The van der Waals surface area contributed by atoms with Gasteiger partial charge in [0.1, 0.15) is 0 Å². The number of aryl methyl sites for hydroxylation is 1. The van der Waals surface area contributed by atoms with Crippen LogP contribution in [0.5, 0.6) is 0 Å². The number of fused-ring (bicyclic) bond motifs is 4. The summed E-state index contributed by atoms with van der Waals surface area (Å²) in [6.07, 6.45) is 18.1. The molecule has 0 saturated heterocycles. The van der Waals surface area contributed by atoms with Crippen molar-refractivity contribution in [3.05, 3.63) is 227 Å². The van der Waals surface area contributed by atoms with Gasteiger partial charge >= 0.3 is 0 Å². The normalized spacial score (nSPS) is 15.2. The van der Waals surface area contributed by atoms with Crippen molar-refractivity contribution in [2.45, 2.75) is 66.7 Å². The van der Waals surface area contributed by atoms with Crippen molar-refractivity contribution < 1.29 is 0 Å². The Labute approximate surface area is 352 Å². The Balaban J connectivity index is 1.18. The number of allylic oxidation sites excluding steroid dienone is 13. The van der Waals surface area contributed by atoms with Crippen molar-refractivity contribution in [3.8, 4) is 11.1 Å². The van der Waals surface area contributed by atoms with Crippen LogP contribution in [-0.4, -0.2) is 0 Å². The van der Waals surface area contributed by atoms with Crippen LogP contribution in [0.2, 0.25) is 0 Å². The number of benzene rings is 6. The number of anilines is 2. The van der Waals surface area contributed by atoms with E-state index >= 15 is 0 Å². The van der Waals surface area contributed by atoms with Gasteiger partial charge in [-0.1, -0.05) is 160 Å². The standard InChI is InChI=1S/C58H55N/c1-39(44(6)49-21-13-12-18-41(49)3)26-27-42(4)50-36-37-57(54-24-15-14-22-51(50)54)59(48-33-30-46(31-34-48)45-19-10-9-11-20-45)43(5)29-28-40(2)47-32-35-53-52-23-16-17-25-55(52)58(7,8)56(53)38-47/h10,12-38H,6,9,11H2,1-5,7-8H3/b39-26-,40-28+,42-27+,43-29+. The second kappa shape index (κ2) is 16.4. The molecule has 1 nitrogen and oxygen atoms in total. The average molecular weight is 766 g/mol. The Morgan fingerprint density at radius 2 is 1.32 bits per heavy atom. The maximum absolute atomic E-state index is 4.45. The molecule has 0 fully saturated rings. The first-order valence-electron chi connectivity index (χ1n) is 21.0. The number of hydrogen-bond donors (Lipinski definition) is 0. The van der Waals surface area contributed by atoms with Crippen molar-refractivity contribution >= 4 is 44.4 Å². The van der Waals surface area contributed by atoms with Crippen molar-refractivity contribution in [2.24, 2.45) is 0 Å². The summed E-state index contributed by atoms with van der Waals surface area (Å²) >= 11 is 0. The van der Waals surface area contributed by atoms with Gasteiger partial charge in [0.15, 0.2) is 0 Å². The molecule has 0 unspecified atom stereocenters. The monoisotopic (exact) mass is 765 g/mol. The predicted molar refractivity (Wildman–Crippen MR) is 258 cm³/mol. The highest BCUT2D eigenvalue weighted by Crippen LogP contribution is 2.49. The Hall–Kier alpha value is -6.44. The molecule has 0 spiro atoms. The van der Waals surface area contributed by atoms with Gasteiger partial charge in [0, 0.05) is 22.2 Å². The highest BCUT2D eigenvalue weighted by molar-refractivity contribution is 6.03. The first-order chi connectivity index (χ1) is 28.5. The Kier molecular flexibility index (Phi) is 11.0. The lowest BCUT2D eigenvalue weighted by Gasteiger charge is -2.28. The Bertz CT molecular complexity index is 2790. The first kappa shape index (κ1) is 39.4. The lowest BCUT2D eigenvalue weighted by Crippen LogP contribution is -2.15. The van der Waals surface area contributed by atoms with Crippen LogP contribution in [0.3, 0.4) is 0 Å². The second-order valence-corrected chi connectivity index (χ2v) is 16.8. The van der Waals surface area contributed by atoms with Crippen molar-refractivity contribution in [2.75, 3.05) is 4.90 Å². The van der Waals surface area contributed by atoms with Gasteiger partial charge in [-0.25, -0.2) is 0 Å². The van der Waals surface area contributed by atoms with Crippen LogP contribution in [0, 0.1) is 6.92 Å². The lowest BCUT2D eigenvalue weighted by molar-refractivity contribution is 0.660. The minimum absolute atomic E-state index is 0.0356. The molecule has 0 heterocycles. The summed E-state index contributed by atoms with van der Waals surface area (Å²) < 4.78 is 0. The SMILES string of the molecule is C=C(/C(C)=C\C=C(/C)c1ccc(N(/C(C)=C/C=C(\C)c2ccc3c(c2)C(C)(C)c2ccccc2-3)c2ccc(C3=CCCC=C3)cc2)c2ccccc12)c1ccccc1C. The van der Waals surface area contributed by atoms with Gasteiger partial charge < -0.3 is 4.90 Å². The number of hydrogen-bond acceptors (Lipinski definition) is 1. The quantitative estimate of drug-likeness (QED) is 0.126. The maximum Gasteiger partial charge on any atom is 0.0537 e. The maximum atomic E-state index is 4.45. The molecular weight excluding hydrogens is 711 g/mol. The molecule has 0 radical (unpaired) electrons. The largest absolute Gasteiger partial charge is 0.314 e. The fourth-order valence-electron chi connectivity index (χ4n) is 8.92. The fraction of sp³-hybridized carbons (Fsp3) is 0.172. The molecule has 6 aromatic carbocycles. The second-order valence-electron chi connectivity index (χ2n) is 16.8. The van der Waals surface area contributed by atoms with Crippen LogP contribution in [0.1, 0.15) is 93.3 Å². The third-order valence-corrected chi connectivity index (χ3v) is 12.5. The molecule has 8 rings (SSSR count). The summed E-state index contributed by atoms with van der Waals surface area (Å²) in [5.74, 6) is 0. The summed E-state index contributed by atoms with van der Waals surface area (Å²) in [4.78, 5) is 2.42. The van der Waals surface area contributed by atoms with E-state index in [0.29, 0.717) is 0 Å². The van der Waals surface area contributed by atoms with Gasteiger partial charge in [-0.15, -0.1) is 0 Å². The molecule has 59 heavy (non-hydrogen) atoms. The van der Waals surface area contributed by atoms with Gasteiger partial charge in [0.25, 0.3) is 0 Å². The smallest absolute Gasteiger partial charge is 0.0537 e. The minimum atomic E-state index is -0.0356. The Morgan fingerprint density at radius 1 is 0.627 bits per heavy atom. The van der Waals surface area contributed by atoms with E-state index in [2.05, 4.69) is 230 Å². The summed E-state index contributed by atoms with van der Waals surface area (Å²) in [7, 11) is 0. The number of nitrogens with zero attached hydrogens (tertiary/aromatic N) is 1. The van der Waals surface area contributed by atoms with E-state index in [9.17, 15) is 0 Å². The molecular formula is C58H55N. The van der Waals surface area contributed by atoms with E-state index in [1.807, 2.05) is 0 Å². The molecule has 0 aromatic heterocycles. The molecule has 0 aliphatic heterocycles. The number of rotatable bonds is 10. The van der Waals surface area contributed by atoms with E-state index in [4.69, 9.17) is 0 Å². The summed E-state index contributed by atoms with van der Waals surface area (Å²) in [5, 5.41) is 2.43. The third-order valence-electron chi connectivity index (χ3n) is 12.5. The zero-order valence-electron chi connectivity index (χ0n) is 35.7. The van der Waals surface area contributed by atoms with Gasteiger partial charge in [0.05, 0.1) is 5.69 Å². The average Bonchev–Trinajstić information content (AvgIpc) is 3.50. The molecule has 0 amide bonds. The molecule has 0 saturated carbocycles. The van der Waals surface area contributed by atoms with Crippen LogP contribution in [-0.2, 0) is 5.41 Å². The summed E-state index contributed by atoms with van der Waals surface area (Å²) in [6, 6.07) is 46.8. The van der Waals surface area contributed by atoms with Gasteiger partial charge in [-0.3, -0.25) is 0 Å². The summed E-state index contributed by atoms with van der Waals surface area (Å²) in [5.41, 5.74) is 21.0. The highest BCUT2D eigenvalue weighted by Gasteiger charge is 2.35. The van der Waals surface area contributed by atoms with Crippen LogP contribution >= 0.6 is 0 Å². The first-order valence-corrected chi connectivity index (χ1v) is 21.0. The molecule has 1 heteroatoms. The van der Waals surface area contributed by atoms with E-state index in [1.54, 1.807) is 0 Å². The van der Waals surface area contributed by atoms with E-state index < -0.39 is 0 Å². The van der Waals surface area contributed by atoms with Gasteiger partial charge in [0.2, 0.25) is 0 Å². The molecule has 2 aliphatic rings. The van der Waals surface area contributed by atoms with Crippen LogP contribution in [0.15, 0.2) is 188 Å². The molecule has 292 valence electrons. The summed E-state index contributed by atoms with van der Waals surface area (Å²) in [6.45, 7) is 20.1. The fourth-order valence-corrected chi connectivity index (χ4v) is 8.92. The van der Waals surface area contributed by atoms with E-state index in [-0.39, 0.29) is 5.41 Å². The molecule has 2 aliphatic carbocycles. The van der Waals surface area contributed by atoms with E-state index in [0.717, 1.165) is 41.1 Å². The minimum Gasteiger partial charge on any atom is -0.314 e.